The normalized spacial score (nSPS) is 21.1. The molecule has 3 N–H and O–H groups in total. The third kappa shape index (κ3) is 3.59. The van der Waals surface area contributed by atoms with Gasteiger partial charge in [0.1, 0.15) is 28.7 Å². The minimum Gasteiger partial charge on any atom is -0.508 e. The van der Waals surface area contributed by atoms with Crippen LogP contribution in [0.2, 0.25) is 0 Å². The predicted octanol–water partition coefficient (Wildman–Crippen LogP) is 5.12. The van der Waals surface area contributed by atoms with Crippen LogP contribution >= 0.6 is 15.9 Å². The first-order valence-corrected chi connectivity index (χ1v) is 13.1. The molecule has 0 fully saturated rings. The fourth-order valence-corrected chi connectivity index (χ4v) is 6.94. The summed E-state index contributed by atoms with van der Waals surface area (Å²) in [4.78, 5) is 28.5. The highest BCUT2D eigenvalue weighted by molar-refractivity contribution is 9.10. The Morgan fingerprint density at radius 2 is 1.51 bits per heavy atom. The zero-order chi connectivity index (χ0) is 28.6. The van der Waals surface area contributed by atoms with E-state index in [0.717, 1.165) is 11.6 Å². The van der Waals surface area contributed by atoms with Crippen LogP contribution in [0.3, 0.4) is 0 Å². The van der Waals surface area contributed by atoms with Crippen LogP contribution in [0.4, 0.5) is 0 Å². The highest BCUT2D eigenvalue weighted by Crippen LogP contribution is 2.56. The Morgan fingerprint density at radius 3 is 2.13 bits per heavy atom. The number of benzene rings is 3. The molecule has 0 amide bonds. The quantitative estimate of drug-likeness (QED) is 0.355. The van der Waals surface area contributed by atoms with Crippen LogP contribution in [0.1, 0.15) is 51.3 Å². The van der Waals surface area contributed by atoms with E-state index in [-0.39, 0.29) is 23.3 Å². The summed E-state index contributed by atoms with van der Waals surface area (Å²) in [5.74, 6) is -1.81. The van der Waals surface area contributed by atoms with Gasteiger partial charge in [0, 0.05) is 34.7 Å². The van der Waals surface area contributed by atoms with Gasteiger partial charge in [0.25, 0.3) is 0 Å². The number of carbonyl (C=O) groups excluding carboxylic acids is 2. The van der Waals surface area contributed by atoms with Gasteiger partial charge in [-0.1, -0.05) is 13.8 Å². The van der Waals surface area contributed by atoms with Crippen molar-refractivity contribution in [2.75, 3.05) is 21.3 Å². The number of methoxy groups -OCH3 is 3. The number of aromatic hydroxyl groups is 2. The Morgan fingerprint density at radius 1 is 0.872 bits per heavy atom. The van der Waals surface area contributed by atoms with E-state index in [9.17, 15) is 24.9 Å². The van der Waals surface area contributed by atoms with E-state index in [0.29, 0.717) is 44.0 Å². The second kappa shape index (κ2) is 8.99. The second-order valence-corrected chi connectivity index (χ2v) is 11.4. The molecule has 2 atom stereocenters. The highest BCUT2D eigenvalue weighted by atomic mass is 79.9. The fourth-order valence-electron chi connectivity index (χ4n) is 6.31. The summed E-state index contributed by atoms with van der Waals surface area (Å²) in [6.07, 6.45) is 0.133. The molecule has 0 spiro atoms. The lowest BCUT2D eigenvalue weighted by atomic mass is 9.52. The first kappa shape index (κ1) is 27.0. The maximum atomic E-state index is 14.5. The van der Waals surface area contributed by atoms with Crippen molar-refractivity contribution >= 4 is 27.5 Å². The molecule has 0 unspecified atom stereocenters. The maximum Gasteiger partial charge on any atom is 0.206 e. The van der Waals surface area contributed by atoms with Gasteiger partial charge >= 0.3 is 0 Å². The molecule has 0 bridgehead atoms. The van der Waals surface area contributed by atoms with Crippen LogP contribution in [0, 0.1) is 12.8 Å². The van der Waals surface area contributed by atoms with Crippen LogP contribution in [-0.4, -0.2) is 53.8 Å². The number of ketones is 2. The fraction of sp³-hybridized carbons (Fsp3) is 0.333. The summed E-state index contributed by atoms with van der Waals surface area (Å²) < 4.78 is 17.3. The molecule has 0 aromatic heterocycles. The van der Waals surface area contributed by atoms with Gasteiger partial charge in [-0.3, -0.25) is 9.59 Å². The molecule has 0 radical (unpaired) electrons. The summed E-state index contributed by atoms with van der Waals surface area (Å²) in [6.45, 7) is 5.43. The zero-order valence-electron chi connectivity index (χ0n) is 22.4. The number of hydrogen-bond donors (Lipinski definition) is 3. The Hall–Kier alpha value is -3.56. The van der Waals surface area contributed by atoms with Gasteiger partial charge in [-0.15, -0.1) is 0 Å². The highest BCUT2D eigenvalue weighted by Gasteiger charge is 2.64. The molecule has 9 heteroatoms. The molecular formula is C30H29BrO8. The lowest BCUT2D eigenvalue weighted by molar-refractivity contribution is -0.0203. The van der Waals surface area contributed by atoms with Gasteiger partial charge in [0.05, 0.1) is 31.4 Å². The number of aliphatic hydroxyl groups is 1. The maximum absolute atomic E-state index is 14.5. The summed E-state index contributed by atoms with van der Waals surface area (Å²) in [7, 11) is 4.57. The second-order valence-electron chi connectivity index (χ2n) is 10.6. The number of fused-ring (bicyclic) bond motifs is 3. The van der Waals surface area contributed by atoms with E-state index < -0.39 is 34.2 Å². The number of hydrogen-bond acceptors (Lipinski definition) is 8. The summed E-state index contributed by atoms with van der Waals surface area (Å²) in [6, 6.07) is 7.63. The van der Waals surface area contributed by atoms with Crippen molar-refractivity contribution in [3.8, 4) is 39.9 Å². The molecule has 2 aliphatic rings. The molecule has 2 aliphatic carbocycles. The molecule has 0 saturated carbocycles. The number of carbonyl (C=O) groups is 2. The molecule has 3 aromatic rings. The van der Waals surface area contributed by atoms with Gasteiger partial charge in [-0.25, -0.2) is 0 Å². The molecular weight excluding hydrogens is 568 g/mol. The zero-order valence-corrected chi connectivity index (χ0v) is 24.0. The van der Waals surface area contributed by atoms with Crippen molar-refractivity contribution in [3.63, 3.8) is 0 Å². The van der Waals surface area contributed by atoms with E-state index in [1.165, 1.54) is 20.3 Å². The predicted molar refractivity (Wildman–Crippen MR) is 148 cm³/mol. The number of halogens is 1. The van der Waals surface area contributed by atoms with E-state index in [4.69, 9.17) is 14.2 Å². The van der Waals surface area contributed by atoms with Crippen LogP contribution in [-0.2, 0) is 11.8 Å². The summed E-state index contributed by atoms with van der Waals surface area (Å²) in [5, 5.41) is 33.0. The van der Waals surface area contributed by atoms with Crippen LogP contribution < -0.4 is 14.2 Å². The van der Waals surface area contributed by atoms with Crippen molar-refractivity contribution in [3.05, 3.63) is 62.6 Å². The monoisotopic (exact) mass is 596 g/mol. The number of Topliss-reactive ketones (excluding diaryl/α,β-unsaturated/α-hetero) is 2. The van der Waals surface area contributed by atoms with Gasteiger partial charge in [0.2, 0.25) is 11.6 Å². The Labute approximate surface area is 234 Å². The van der Waals surface area contributed by atoms with Gasteiger partial charge < -0.3 is 29.5 Å². The Bertz CT molecular complexity index is 1570. The average Bonchev–Trinajstić information content (AvgIpc) is 2.89. The lowest BCUT2D eigenvalue weighted by Gasteiger charge is -2.51. The molecule has 0 saturated heterocycles. The van der Waals surface area contributed by atoms with Crippen LogP contribution in [0.5, 0.6) is 28.7 Å². The Kier molecular flexibility index (Phi) is 6.23. The number of phenols is 2. The van der Waals surface area contributed by atoms with Crippen molar-refractivity contribution < 1.29 is 39.1 Å². The number of aryl methyl sites for hydroxylation is 1. The van der Waals surface area contributed by atoms with Crippen molar-refractivity contribution in [2.24, 2.45) is 5.92 Å². The first-order valence-electron chi connectivity index (χ1n) is 12.3. The molecule has 3 aromatic carbocycles. The Balaban J connectivity index is 1.86. The molecule has 0 heterocycles. The van der Waals surface area contributed by atoms with E-state index in [1.54, 1.807) is 39.2 Å². The van der Waals surface area contributed by atoms with Crippen LogP contribution in [0.15, 0.2) is 34.8 Å². The average molecular weight is 597 g/mol. The first-order chi connectivity index (χ1) is 18.3. The van der Waals surface area contributed by atoms with Crippen LogP contribution in [0.25, 0.3) is 11.1 Å². The third-order valence-corrected chi connectivity index (χ3v) is 9.14. The van der Waals surface area contributed by atoms with E-state index in [1.807, 2.05) is 6.92 Å². The lowest BCUT2D eigenvalue weighted by Crippen LogP contribution is -2.64. The van der Waals surface area contributed by atoms with Crippen molar-refractivity contribution in [1.82, 2.24) is 0 Å². The smallest absolute Gasteiger partial charge is 0.206 e. The largest absolute Gasteiger partial charge is 0.508 e. The van der Waals surface area contributed by atoms with E-state index in [2.05, 4.69) is 15.9 Å². The minimum atomic E-state index is -2.46. The number of ether oxygens (including phenoxy) is 3. The summed E-state index contributed by atoms with van der Waals surface area (Å²) >= 11 is 3.61. The summed E-state index contributed by atoms with van der Waals surface area (Å²) in [5.41, 5.74) is -0.741. The van der Waals surface area contributed by atoms with Crippen molar-refractivity contribution in [1.29, 1.82) is 0 Å². The minimum absolute atomic E-state index is 0.133. The number of phenolic OH excluding ortho intramolecular Hbond substituents is 2. The molecule has 8 nitrogen and oxygen atoms in total. The van der Waals surface area contributed by atoms with Gasteiger partial charge in [-0.05, 0) is 69.6 Å². The molecule has 5 rings (SSSR count). The topological polar surface area (TPSA) is 123 Å². The SMILES string of the molecule is COc1cc(C)c(-c2cc(OC)c(Br)c3c2C(=O)[C@]2(O)C(=O)c4c(O)cc(O)cc4C(C)(C)[C@H]2C3)c(OC)c1. The molecule has 39 heavy (non-hydrogen) atoms. The number of rotatable bonds is 4. The van der Waals surface area contributed by atoms with Gasteiger partial charge in [0.15, 0.2) is 5.60 Å². The van der Waals surface area contributed by atoms with E-state index >= 15 is 0 Å². The van der Waals surface area contributed by atoms with Gasteiger partial charge in [-0.2, -0.15) is 0 Å². The molecule has 0 aliphatic heterocycles. The third-order valence-electron chi connectivity index (χ3n) is 8.27. The standard InChI is InChI=1S/C30H29BrO8/c1-13-7-15(37-4)10-20(38-5)23(13)16-11-21(39-6)26(31)17-12-22-29(2,3)18-8-14(32)9-19(33)25(18)28(35)30(22,36)27(34)24(16)17/h7-11,22,32-33,36H,12H2,1-6H3/t22-,30+/m1/s1. The molecule has 204 valence electrons. The van der Waals surface area contributed by atoms with Crippen molar-refractivity contribution in [2.45, 2.75) is 38.2 Å².